The van der Waals surface area contributed by atoms with Gasteiger partial charge < -0.3 is 20.3 Å². The summed E-state index contributed by atoms with van der Waals surface area (Å²) >= 11 is 1.58. The van der Waals surface area contributed by atoms with E-state index in [1.807, 2.05) is 31.2 Å². The maximum atomic E-state index is 10.0. The van der Waals surface area contributed by atoms with Gasteiger partial charge in [0.15, 0.2) is 17.2 Å². The standard InChI is InChI=1S/C20H16N2O3S/c1-2-24-15-9-11(7-8-14(15)23)17-13(10-21)20(22)25-18-12-5-3-4-6-16(12)26-19(17)18/h3-9,17,23H,2,22H2,1H3/t17-/m1/s1. The lowest BCUT2D eigenvalue weighted by molar-refractivity contribution is 0.317. The number of benzene rings is 2. The van der Waals surface area contributed by atoms with E-state index < -0.39 is 0 Å². The average Bonchev–Trinajstić information content (AvgIpc) is 3.01. The molecule has 0 saturated heterocycles. The van der Waals surface area contributed by atoms with Gasteiger partial charge in [-0.25, -0.2) is 0 Å². The zero-order chi connectivity index (χ0) is 18.3. The molecule has 5 nitrogen and oxygen atoms in total. The van der Waals surface area contributed by atoms with E-state index >= 15 is 0 Å². The number of nitrogens with two attached hydrogens (primary N) is 1. The highest BCUT2D eigenvalue weighted by atomic mass is 32.1. The second-order valence-corrected chi connectivity index (χ2v) is 6.96. The lowest BCUT2D eigenvalue weighted by Gasteiger charge is -2.24. The van der Waals surface area contributed by atoms with Crippen molar-refractivity contribution >= 4 is 21.4 Å². The normalized spacial score (nSPS) is 16.1. The van der Waals surface area contributed by atoms with Crippen LogP contribution in [0.2, 0.25) is 0 Å². The van der Waals surface area contributed by atoms with E-state index in [0.29, 0.717) is 23.7 Å². The van der Waals surface area contributed by atoms with E-state index in [9.17, 15) is 10.4 Å². The molecule has 0 aliphatic carbocycles. The van der Waals surface area contributed by atoms with Gasteiger partial charge in [-0.3, -0.25) is 0 Å². The first-order chi connectivity index (χ1) is 12.6. The van der Waals surface area contributed by atoms with Gasteiger partial charge in [-0.15, -0.1) is 11.3 Å². The van der Waals surface area contributed by atoms with Gasteiger partial charge in [-0.05, 0) is 36.8 Å². The smallest absolute Gasteiger partial charge is 0.205 e. The fourth-order valence-corrected chi connectivity index (χ4v) is 4.46. The first-order valence-electron chi connectivity index (χ1n) is 8.18. The number of hydrogen-bond donors (Lipinski definition) is 2. The predicted molar refractivity (Wildman–Crippen MR) is 100 cm³/mol. The van der Waals surface area contributed by atoms with Crippen molar-refractivity contribution in [1.29, 1.82) is 5.26 Å². The first kappa shape index (κ1) is 16.3. The topological polar surface area (TPSA) is 88.5 Å². The van der Waals surface area contributed by atoms with Gasteiger partial charge in [0.05, 0.1) is 17.4 Å². The number of fused-ring (bicyclic) bond motifs is 3. The van der Waals surface area contributed by atoms with Crippen molar-refractivity contribution in [3.8, 4) is 23.3 Å². The third-order valence-electron chi connectivity index (χ3n) is 4.34. The van der Waals surface area contributed by atoms with E-state index in [1.165, 1.54) is 0 Å². The van der Waals surface area contributed by atoms with Crippen LogP contribution >= 0.6 is 11.3 Å². The van der Waals surface area contributed by atoms with Crippen LogP contribution in [-0.4, -0.2) is 11.7 Å². The van der Waals surface area contributed by atoms with Crippen molar-refractivity contribution in [3.05, 3.63) is 64.4 Å². The summed E-state index contributed by atoms with van der Waals surface area (Å²) in [5.74, 6) is 0.892. The minimum Gasteiger partial charge on any atom is -0.504 e. The summed E-state index contributed by atoms with van der Waals surface area (Å²) in [6, 6.07) is 15.2. The SMILES string of the molecule is CCOc1cc([C@@H]2C(C#N)=C(N)Oc3c2sc2ccccc32)ccc1O. The quantitative estimate of drug-likeness (QED) is 0.726. The van der Waals surface area contributed by atoms with Gasteiger partial charge >= 0.3 is 0 Å². The number of thiophene rings is 1. The Kier molecular flexibility index (Phi) is 3.94. The number of hydrogen-bond acceptors (Lipinski definition) is 6. The summed E-state index contributed by atoms with van der Waals surface area (Å²) in [5, 5.41) is 20.7. The number of rotatable bonds is 3. The highest BCUT2D eigenvalue weighted by Crippen LogP contribution is 2.50. The van der Waals surface area contributed by atoms with Crippen LogP contribution in [-0.2, 0) is 0 Å². The molecule has 2 aromatic carbocycles. The molecule has 4 rings (SSSR count). The maximum Gasteiger partial charge on any atom is 0.205 e. The summed E-state index contributed by atoms with van der Waals surface area (Å²) in [6.45, 7) is 2.28. The molecule has 3 aromatic rings. The molecule has 1 aromatic heterocycles. The first-order valence-corrected chi connectivity index (χ1v) is 9.00. The zero-order valence-electron chi connectivity index (χ0n) is 14.0. The molecule has 0 spiro atoms. The van der Waals surface area contributed by atoms with Crippen molar-refractivity contribution in [2.24, 2.45) is 5.73 Å². The van der Waals surface area contributed by atoms with E-state index in [-0.39, 0.29) is 17.6 Å². The lowest BCUT2D eigenvalue weighted by atomic mass is 9.88. The Morgan fingerprint density at radius 1 is 1.31 bits per heavy atom. The molecule has 0 fully saturated rings. The molecule has 0 saturated carbocycles. The van der Waals surface area contributed by atoms with Crippen molar-refractivity contribution in [2.75, 3.05) is 6.61 Å². The number of phenols is 1. The third kappa shape index (κ3) is 2.45. The van der Waals surface area contributed by atoms with Gasteiger partial charge in [0.2, 0.25) is 5.88 Å². The molecule has 0 unspecified atom stereocenters. The Morgan fingerprint density at radius 2 is 2.12 bits per heavy atom. The molecule has 6 heteroatoms. The molecule has 0 radical (unpaired) electrons. The van der Waals surface area contributed by atoms with Crippen LogP contribution < -0.4 is 15.2 Å². The summed E-state index contributed by atoms with van der Waals surface area (Å²) in [7, 11) is 0. The molecule has 130 valence electrons. The van der Waals surface area contributed by atoms with Crippen LogP contribution in [0.15, 0.2) is 53.9 Å². The molecule has 1 aliphatic heterocycles. The molecule has 0 amide bonds. The minimum absolute atomic E-state index is 0.0645. The number of nitriles is 1. The largest absolute Gasteiger partial charge is 0.504 e. The van der Waals surface area contributed by atoms with Crippen molar-refractivity contribution in [1.82, 2.24) is 0 Å². The summed E-state index contributed by atoms with van der Waals surface area (Å²) < 4.78 is 12.4. The number of ether oxygens (including phenoxy) is 2. The van der Waals surface area contributed by atoms with E-state index in [4.69, 9.17) is 15.2 Å². The monoisotopic (exact) mass is 364 g/mol. The summed E-state index contributed by atoms with van der Waals surface area (Å²) in [4.78, 5) is 0.921. The molecule has 1 aliphatic rings. The Bertz CT molecular complexity index is 1080. The van der Waals surface area contributed by atoms with Gasteiger partial charge in [0.25, 0.3) is 0 Å². The van der Waals surface area contributed by atoms with Gasteiger partial charge in [-0.2, -0.15) is 5.26 Å². The number of aromatic hydroxyl groups is 1. The Morgan fingerprint density at radius 3 is 2.88 bits per heavy atom. The fraction of sp³-hybridized carbons (Fsp3) is 0.150. The predicted octanol–water partition coefficient (Wildman–Crippen LogP) is 4.22. The average molecular weight is 364 g/mol. The third-order valence-corrected chi connectivity index (χ3v) is 5.56. The fourth-order valence-electron chi connectivity index (χ4n) is 3.19. The number of allylic oxidation sites excluding steroid dienone is 1. The second-order valence-electron chi connectivity index (χ2n) is 5.88. The second kappa shape index (κ2) is 6.28. The van der Waals surface area contributed by atoms with Crippen LogP contribution in [0.4, 0.5) is 0 Å². The van der Waals surface area contributed by atoms with Gasteiger partial charge in [0, 0.05) is 10.1 Å². The molecule has 3 N–H and O–H groups in total. The van der Waals surface area contributed by atoms with Gasteiger partial charge in [0.1, 0.15) is 11.6 Å². The highest BCUT2D eigenvalue weighted by Gasteiger charge is 2.34. The molecule has 26 heavy (non-hydrogen) atoms. The molecule has 1 atom stereocenters. The molecular formula is C20H16N2O3S. The van der Waals surface area contributed by atoms with Crippen molar-refractivity contribution in [3.63, 3.8) is 0 Å². The minimum atomic E-state index is -0.360. The molecule has 2 heterocycles. The highest BCUT2D eigenvalue weighted by molar-refractivity contribution is 7.19. The van der Waals surface area contributed by atoms with Crippen LogP contribution in [0.1, 0.15) is 23.3 Å². The Labute approximate surface area is 154 Å². The number of phenolic OH excluding ortho intramolecular Hbond substituents is 1. The van der Waals surface area contributed by atoms with Crippen LogP contribution in [0.25, 0.3) is 10.1 Å². The maximum absolute atomic E-state index is 10.0. The summed E-state index contributed by atoms with van der Waals surface area (Å²) in [6.07, 6.45) is 0. The molecular weight excluding hydrogens is 348 g/mol. The zero-order valence-corrected chi connectivity index (χ0v) is 14.8. The molecule has 0 bridgehead atoms. The van der Waals surface area contributed by atoms with Crippen molar-refractivity contribution in [2.45, 2.75) is 12.8 Å². The van der Waals surface area contributed by atoms with Crippen LogP contribution in [0, 0.1) is 11.3 Å². The van der Waals surface area contributed by atoms with Crippen molar-refractivity contribution < 1.29 is 14.6 Å². The lowest BCUT2D eigenvalue weighted by Crippen LogP contribution is -2.19. The summed E-state index contributed by atoms with van der Waals surface area (Å²) in [5.41, 5.74) is 7.25. The van der Waals surface area contributed by atoms with Crippen LogP contribution in [0.5, 0.6) is 17.2 Å². The number of nitrogens with zero attached hydrogens (tertiary/aromatic N) is 1. The van der Waals surface area contributed by atoms with E-state index in [1.54, 1.807) is 29.5 Å². The van der Waals surface area contributed by atoms with Crippen LogP contribution in [0.3, 0.4) is 0 Å². The van der Waals surface area contributed by atoms with E-state index in [2.05, 4.69) is 6.07 Å². The van der Waals surface area contributed by atoms with E-state index in [0.717, 1.165) is 20.5 Å². The Balaban J connectivity index is 1.95. The Hall–Kier alpha value is -3.17. The van der Waals surface area contributed by atoms with Gasteiger partial charge in [-0.1, -0.05) is 18.2 Å².